The van der Waals surface area contributed by atoms with Gasteiger partial charge in [-0.05, 0) is 135 Å². The molecule has 5 N–H and O–H groups in total. The molecule has 53 heavy (non-hydrogen) atoms. The third-order valence-corrected chi connectivity index (χ3v) is 9.67. The summed E-state index contributed by atoms with van der Waals surface area (Å²) in [5.41, 5.74) is 5.21. The minimum absolute atomic E-state index is 0.0374. The molecular formula is C40H48N8O5. The second-order valence-corrected chi connectivity index (χ2v) is 15.2. The van der Waals surface area contributed by atoms with Crippen LogP contribution in [0.2, 0.25) is 0 Å². The number of rotatable bonds is 12. The van der Waals surface area contributed by atoms with E-state index in [1.54, 1.807) is 24.3 Å². The number of ether oxygens (including phenoxy) is 1. The van der Waals surface area contributed by atoms with Crippen LogP contribution in [-0.4, -0.2) is 68.7 Å². The number of hydrogen-bond donors (Lipinski definition) is 5. The molecule has 13 heteroatoms. The maximum atomic E-state index is 13.8. The highest BCUT2D eigenvalue weighted by Crippen LogP contribution is 2.29. The average molecular weight is 721 g/mol. The first kappa shape index (κ1) is 37.2. The Morgan fingerprint density at radius 1 is 0.868 bits per heavy atom. The van der Waals surface area contributed by atoms with E-state index in [1.807, 2.05) is 70.2 Å². The van der Waals surface area contributed by atoms with Crippen molar-refractivity contribution in [1.82, 2.24) is 36.6 Å². The lowest BCUT2D eigenvalue weighted by molar-refractivity contribution is -0.130. The van der Waals surface area contributed by atoms with Crippen molar-refractivity contribution in [2.45, 2.75) is 90.3 Å². The Labute approximate surface area is 309 Å². The van der Waals surface area contributed by atoms with E-state index in [4.69, 9.17) is 4.74 Å². The first-order chi connectivity index (χ1) is 25.4. The van der Waals surface area contributed by atoms with Crippen LogP contribution < -0.4 is 21.3 Å². The van der Waals surface area contributed by atoms with E-state index in [0.29, 0.717) is 42.5 Å². The number of benzene rings is 3. The minimum Gasteiger partial charge on any atom is -0.444 e. The topological polar surface area (TPSA) is 180 Å². The van der Waals surface area contributed by atoms with E-state index < -0.39 is 17.7 Å². The normalized spacial score (nSPS) is 17.7. The average Bonchev–Trinajstić information content (AvgIpc) is 3.77. The standard InChI is InChI=1S/C40H48N8O5/c1-24-21-30(15-20-33(24)37(50)42-32-18-19-32)27-9-5-25(6-10-27)22-34(38(51)43-31-16-13-28(14-17-31)35-45-47-48-46-35)44-36(49)29-11-7-26(8-12-29)23-41-39(52)53-40(2,3)4/h5-6,9-10,13-17,20-21,26,29,32,34H,7-8,11-12,18-19,22-23H2,1-4H3,(H,41,52)(H,42,50)(H,43,51)(H,44,49)(H,45,46,47,48)/t26-,29-,34?. The van der Waals surface area contributed by atoms with Crippen molar-refractivity contribution < 1.29 is 23.9 Å². The van der Waals surface area contributed by atoms with Gasteiger partial charge in [0.25, 0.3) is 5.91 Å². The van der Waals surface area contributed by atoms with Gasteiger partial charge in [-0.3, -0.25) is 14.4 Å². The van der Waals surface area contributed by atoms with Gasteiger partial charge in [0, 0.05) is 41.7 Å². The highest BCUT2D eigenvalue weighted by molar-refractivity contribution is 5.98. The molecule has 0 radical (unpaired) electrons. The molecule has 4 aromatic rings. The van der Waals surface area contributed by atoms with E-state index >= 15 is 0 Å². The zero-order valence-corrected chi connectivity index (χ0v) is 30.7. The van der Waals surface area contributed by atoms with Crippen molar-refractivity contribution in [3.63, 3.8) is 0 Å². The summed E-state index contributed by atoms with van der Waals surface area (Å²) in [6.45, 7) is 7.92. The Kier molecular flexibility index (Phi) is 11.5. The second-order valence-electron chi connectivity index (χ2n) is 15.2. The summed E-state index contributed by atoms with van der Waals surface area (Å²) in [6.07, 6.45) is 4.81. The van der Waals surface area contributed by atoms with Crippen LogP contribution in [0.4, 0.5) is 10.5 Å². The van der Waals surface area contributed by atoms with Gasteiger partial charge in [0.1, 0.15) is 11.6 Å². The van der Waals surface area contributed by atoms with Crippen LogP contribution in [0, 0.1) is 18.8 Å². The molecule has 0 saturated heterocycles. The summed E-state index contributed by atoms with van der Waals surface area (Å²) >= 11 is 0. The van der Waals surface area contributed by atoms with Crippen molar-refractivity contribution in [1.29, 1.82) is 0 Å². The molecule has 0 spiro atoms. The van der Waals surface area contributed by atoms with Crippen LogP contribution in [0.5, 0.6) is 0 Å². The monoisotopic (exact) mass is 720 g/mol. The molecule has 1 atom stereocenters. The van der Waals surface area contributed by atoms with Gasteiger partial charge in [-0.25, -0.2) is 9.89 Å². The number of anilines is 1. The van der Waals surface area contributed by atoms with Crippen molar-refractivity contribution in [2.75, 3.05) is 11.9 Å². The maximum absolute atomic E-state index is 13.8. The molecule has 0 aliphatic heterocycles. The number of aromatic nitrogens is 4. The fourth-order valence-electron chi connectivity index (χ4n) is 6.55. The molecule has 6 rings (SSSR count). The van der Waals surface area contributed by atoms with Gasteiger partial charge in [-0.15, -0.1) is 5.10 Å². The van der Waals surface area contributed by atoms with Crippen LogP contribution in [0.1, 0.15) is 80.8 Å². The Bertz CT molecular complexity index is 1890. The summed E-state index contributed by atoms with van der Waals surface area (Å²) < 4.78 is 5.35. The third kappa shape index (κ3) is 10.5. The minimum atomic E-state index is -0.829. The number of H-pyrrole nitrogens is 1. The molecule has 2 fully saturated rings. The first-order valence-corrected chi connectivity index (χ1v) is 18.3. The molecule has 278 valence electrons. The predicted octanol–water partition coefficient (Wildman–Crippen LogP) is 5.73. The Morgan fingerprint density at radius 2 is 1.55 bits per heavy atom. The van der Waals surface area contributed by atoms with Crippen molar-refractivity contribution in [3.8, 4) is 22.5 Å². The summed E-state index contributed by atoms with van der Waals surface area (Å²) in [7, 11) is 0. The quantitative estimate of drug-likeness (QED) is 0.123. The van der Waals surface area contributed by atoms with E-state index in [1.165, 1.54) is 0 Å². The van der Waals surface area contributed by atoms with Crippen molar-refractivity contribution in [3.05, 3.63) is 83.4 Å². The lowest BCUT2D eigenvalue weighted by Crippen LogP contribution is -2.48. The van der Waals surface area contributed by atoms with Crippen molar-refractivity contribution >= 4 is 29.5 Å². The zero-order chi connectivity index (χ0) is 37.5. The molecular weight excluding hydrogens is 672 g/mol. The van der Waals surface area contributed by atoms with Crippen LogP contribution in [0.3, 0.4) is 0 Å². The number of hydrogen-bond acceptors (Lipinski definition) is 8. The Morgan fingerprint density at radius 3 is 2.17 bits per heavy atom. The number of amides is 4. The summed E-state index contributed by atoms with van der Waals surface area (Å²) in [6, 6.07) is 20.3. The maximum Gasteiger partial charge on any atom is 0.407 e. The summed E-state index contributed by atoms with van der Waals surface area (Å²) in [5.74, 6) is -0.00336. The predicted molar refractivity (Wildman–Crippen MR) is 201 cm³/mol. The molecule has 4 amide bonds. The lowest BCUT2D eigenvalue weighted by atomic mass is 9.81. The van der Waals surface area contributed by atoms with Gasteiger partial charge in [-0.2, -0.15) is 0 Å². The Hall–Kier alpha value is -5.59. The number of nitrogens with one attached hydrogen (secondary N) is 5. The fourth-order valence-corrected chi connectivity index (χ4v) is 6.55. The third-order valence-electron chi connectivity index (χ3n) is 9.67. The van der Waals surface area contributed by atoms with Crippen LogP contribution in [0.15, 0.2) is 66.7 Å². The van der Waals surface area contributed by atoms with Gasteiger partial charge in [0.15, 0.2) is 5.82 Å². The molecule has 13 nitrogen and oxygen atoms in total. The number of carbonyl (C=O) groups is 4. The lowest BCUT2D eigenvalue weighted by Gasteiger charge is -2.29. The Balaban J connectivity index is 1.10. The molecule has 1 heterocycles. The van der Waals surface area contributed by atoms with E-state index in [2.05, 4.69) is 41.9 Å². The fraction of sp³-hybridized carbons (Fsp3) is 0.425. The second kappa shape index (κ2) is 16.4. The SMILES string of the molecule is Cc1cc(-c2ccc(CC(NC(=O)[C@H]3CC[C@H](CNC(=O)OC(C)(C)C)CC3)C(=O)Nc3ccc(-c4nnn[nH]4)cc3)cc2)ccc1C(=O)NC1CC1. The van der Waals surface area contributed by atoms with Crippen molar-refractivity contribution in [2.24, 2.45) is 11.8 Å². The molecule has 2 saturated carbocycles. The van der Waals surface area contributed by atoms with Gasteiger partial charge in [0.05, 0.1) is 0 Å². The number of tetrazole rings is 1. The number of aromatic amines is 1. The van der Waals surface area contributed by atoms with E-state index in [0.717, 1.165) is 53.5 Å². The summed E-state index contributed by atoms with van der Waals surface area (Å²) in [4.78, 5) is 52.2. The number of carbonyl (C=O) groups excluding carboxylic acids is 4. The van der Waals surface area contributed by atoms with Crippen LogP contribution in [-0.2, 0) is 20.7 Å². The van der Waals surface area contributed by atoms with E-state index in [9.17, 15) is 19.2 Å². The van der Waals surface area contributed by atoms with E-state index in [-0.39, 0.29) is 36.0 Å². The highest BCUT2D eigenvalue weighted by atomic mass is 16.6. The molecule has 2 aliphatic rings. The van der Waals surface area contributed by atoms with Gasteiger partial charge < -0.3 is 26.0 Å². The molecule has 1 unspecified atom stereocenters. The first-order valence-electron chi connectivity index (χ1n) is 18.3. The van der Waals surface area contributed by atoms with Gasteiger partial charge in [0.2, 0.25) is 11.8 Å². The zero-order valence-electron chi connectivity index (χ0n) is 30.7. The number of alkyl carbamates (subject to hydrolysis) is 1. The van der Waals surface area contributed by atoms with Gasteiger partial charge in [-0.1, -0.05) is 36.4 Å². The van der Waals surface area contributed by atoms with Crippen LogP contribution >= 0.6 is 0 Å². The molecule has 1 aromatic heterocycles. The summed E-state index contributed by atoms with van der Waals surface area (Å²) in [5, 5.41) is 25.8. The smallest absolute Gasteiger partial charge is 0.407 e. The highest BCUT2D eigenvalue weighted by Gasteiger charge is 2.30. The number of aryl methyl sites for hydroxylation is 1. The molecule has 0 bridgehead atoms. The van der Waals surface area contributed by atoms with Gasteiger partial charge >= 0.3 is 6.09 Å². The number of nitrogens with zero attached hydrogens (tertiary/aromatic N) is 3. The van der Waals surface area contributed by atoms with Crippen LogP contribution in [0.25, 0.3) is 22.5 Å². The molecule has 3 aromatic carbocycles. The largest absolute Gasteiger partial charge is 0.444 e. The molecule has 2 aliphatic carbocycles.